The molecule has 3 rings (SSSR count). The van der Waals surface area contributed by atoms with Gasteiger partial charge in [-0.1, -0.05) is 6.07 Å². The van der Waals surface area contributed by atoms with E-state index in [4.69, 9.17) is 18.8 Å². The molecule has 0 radical (unpaired) electrons. The number of nitriles is 1. The molecule has 0 spiro atoms. The number of piperidine rings is 1. The number of rotatable bonds is 3. The first-order chi connectivity index (χ1) is 15.0. The Labute approximate surface area is 194 Å². The minimum absolute atomic E-state index is 0.0492. The van der Waals surface area contributed by atoms with E-state index in [0.29, 0.717) is 5.46 Å². The molecule has 7 nitrogen and oxygen atoms in total. The van der Waals surface area contributed by atoms with Gasteiger partial charge in [-0.05, 0) is 66.1 Å². The molecule has 1 amide bonds. The number of halogens is 2. The number of hydrogen-bond donors (Lipinski definition) is 0. The molecule has 180 valence electrons. The molecule has 0 unspecified atom stereocenters. The summed E-state index contributed by atoms with van der Waals surface area (Å²) in [6.07, 6.45) is -2.37. The SMILES string of the molecule is CC(C)(C)OC(=O)N1CC[C@H](Oc2ccc(B3OC(C)(C)C(C)(C)O3)cc2C#N)C(F)(F)C1. The lowest BCUT2D eigenvalue weighted by Crippen LogP contribution is -2.56. The van der Waals surface area contributed by atoms with Gasteiger partial charge in [-0.15, -0.1) is 0 Å². The molecule has 1 atom stereocenters. The van der Waals surface area contributed by atoms with Gasteiger partial charge >= 0.3 is 19.1 Å². The molecule has 33 heavy (non-hydrogen) atoms. The Morgan fingerprint density at radius 3 is 2.33 bits per heavy atom. The summed E-state index contributed by atoms with van der Waals surface area (Å²) in [5.41, 5.74) is -1.18. The summed E-state index contributed by atoms with van der Waals surface area (Å²) >= 11 is 0. The fraction of sp³-hybridized carbons (Fsp3) is 0.652. The monoisotopic (exact) mass is 464 g/mol. The Bertz CT molecular complexity index is 939. The molecule has 2 aliphatic heterocycles. The van der Waals surface area contributed by atoms with Gasteiger partial charge in [0.05, 0.1) is 23.3 Å². The third-order valence-corrected chi connectivity index (χ3v) is 6.10. The summed E-state index contributed by atoms with van der Waals surface area (Å²) < 4.78 is 52.4. The van der Waals surface area contributed by atoms with E-state index in [1.54, 1.807) is 26.8 Å². The maximum absolute atomic E-state index is 14.8. The topological polar surface area (TPSA) is 81.0 Å². The van der Waals surface area contributed by atoms with Gasteiger partial charge in [0.1, 0.15) is 17.4 Å². The highest BCUT2D eigenvalue weighted by Crippen LogP contribution is 2.37. The number of likely N-dealkylation sites (tertiary alicyclic amines) is 1. The van der Waals surface area contributed by atoms with Gasteiger partial charge < -0.3 is 23.7 Å². The summed E-state index contributed by atoms with van der Waals surface area (Å²) in [6.45, 7) is 11.9. The van der Waals surface area contributed by atoms with Crippen molar-refractivity contribution in [3.05, 3.63) is 23.8 Å². The van der Waals surface area contributed by atoms with Crippen molar-refractivity contribution in [3.8, 4) is 11.8 Å². The number of alkyl halides is 2. The normalized spacial score (nSPS) is 23.7. The van der Waals surface area contributed by atoms with Crippen molar-refractivity contribution in [3.63, 3.8) is 0 Å². The Morgan fingerprint density at radius 1 is 1.21 bits per heavy atom. The molecule has 0 bridgehead atoms. The highest BCUT2D eigenvalue weighted by Gasteiger charge is 2.52. The van der Waals surface area contributed by atoms with Crippen LogP contribution in [0.1, 0.15) is 60.5 Å². The van der Waals surface area contributed by atoms with Crippen LogP contribution in [0, 0.1) is 11.3 Å². The van der Waals surface area contributed by atoms with Crippen LogP contribution in [-0.4, -0.2) is 60.0 Å². The van der Waals surface area contributed by atoms with Crippen molar-refractivity contribution < 1.29 is 32.4 Å². The Kier molecular flexibility index (Phi) is 6.46. The van der Waals surface area contributed by atoms with Crippen LogP contribution in [0.3, 0.4) is 0 Å². The zero-order chi connectivity index (χ0) is 24.8. The van der Waals surface area contributed by atoms with Crippen molar-refractivity contribution in [1.29, 1.82) is 5.26 Å². The predicted molar refractivity (Wildman–Crippen MR) is 119 cm³/mol. The molecule has 0 saturated carbocycles. The first-order valence-electron chi connectivity index (χ1n) is 11.0. The first kappa shape index (κ1) is 25.3. The van der Waals surface area contributed by atoms with Crippen LogP contribution in [-0.2, 0) is 14.0 Å². The molecule has 0 N–H and O–H groups in total. The van der Waals surface area contributed by atoms with Gasteiger partial charge in [-0.25, -0.2) is 13.6 Å². The molecular weight excluding hydrogens is 433 g/mol. The number of carbonyl (C=O) groups excluding carboxylic acids is 1. The zero-order valence-corrected chi connectivity index (χ0v) is 20.2. The van der Waals surface area contributed by atoms with Crippen LogP contribution in [0.25, 0.3) is 0 Å². The number of hydrogen-bond acceptors (Lipinski definition) is 6. The van der Waals surface area contributed by atoms with E-state index >= 15 is 0 Å². The van der Waals surface area contributed by atoms with E-state index in [1.165, 1.54) is 12.1 Å². The smallest absolute Gasteiger partial charge is 0.483 e. The van der Waals surface area contributed by atoms with E-state index < -0.39 is 48.6 Å². The third-order valence-electron chi connectivity index (χ3n) is 6.10. The molecule has 0 aromatic heterocycles. The minimum atomic E-state index is -3.31. The lowest BCUT2D eigenvalue weighted by molar-refractivity contribution is -0.137. The van der Waals surface area contributed by atoms with E-state index in [2.05, 4.69) is 0 Å². The lowest BCUT2D eigenvalue weighted by atomic mass is 9.78. The lowest BCUT2D eigenvalue weighted by Gasteiger charge is -2.38. The summed E-state index contributed by atoms with van der Waals surface area (Å²) in [7, 11) is -0.686. The number of benzene rings is 1. The van der Waals surface area contributed by atoms with Crippen LogP contribution in [0.2, 0.25) is 0 Å². The zero-order valence-electron chi connectivity index (χ0n) is 20.2. The summed E-state index contributed by atoms with van der Waals surface area (Å²) in [5.74, 6) is -3.26. The van der Waals surface area contributed by atoms with Crippen molar-refractivity contribution in [2.45, 2.75) is 83.7 Å². The van der Waals surface area contributed by atoms with Crippen LogP contribution in [0.5, 0.6) is 5.75 Å². The number of amides is 1. The van der Waals surface area contributed by atoms with Gasteiger partial charge in [-0.2, -0.15) is 5.26 Å². The van der Waals surface area contributed by atoms with Crippen LogP contribution in [0.15, 0.2) is 18.2 Å². The second kappa shape index (κ2) is 8.44. The predicted octanol–water partition coefficient (Wildman–Crippen LogP) is 3.88. The van der Waals surface area contributed by atoms with Crippen molar-refractivity contribution in [2.24, 2.45) is 0 Å². The molecule has 0 aliphatic carbocycles. The summed E-state index contributed by atoms with van der Waals surface area (Å²) in [5, 5.41) is 9.61. The van der Waals surface area contributed by atoms with Crippen molar-refractivity contribution in [2.75, 3.05) is 13.1 Å². The molecule has 10 heteroatoms. The molecule has 1 aromatic carbocycles. The van der Waals surface area contributed by atoms with E-state index in [-0.39, 0.29) is 24.3 Å². The van der Waals surface area contributed by atoms with E-state index in [1.807, 2.05) is 33.8 Å². The highest BCUT2D eigenvalue weighted by molar-refractivity contribution is 6.62. The molecule has 2 fully saturated rings. The van der Waals surface area contributed by atoms with Gasteiger partial charge in [0.15, 0.2) is 6.10 Å². The summed E-state index contributed by atoms with van der Waals surface area (Å²) in [6, 6.07) is 6.66. The number of nitrogens with zero attached hydrogens (tertiary/aromatic N) is 2. The van der Waals surface area contributed by atoms with E-state index in [0.717, 1.165) is 4.90 Å². The first-order valence-corrected chi connectivity index (χ1v) is 11.0. The van der Waals surface area contributed by atoms with Gasteiger partial charge in [0.2, 0.25) is 0 Å². The number of ether oxygens (including phenoxy) is 2. The quantitative estimate of drug-likeness (QED) is 0.632. The van der Waals surface area contributed by atoms with Crippen molar-refractivity contribution >= 4 is 18.7 Å². The maximum Gasteiger partial charge on any atom is 0.494 e. The van der Waals surface area contributed by atoms with E-state index in [9.17, 15) is 18.8 Å². The van der Waals surface area contributed by atoms with Gasteiger partial charge in [0, 0.05) is 13.0 Å². The fourth-order valence-electron chi connectivity index (χ4n) is 3.56. The van der Waals surface area contributed by atoms with Crippen LogP contribution in [0.4, 0.5) is 13.6 Å². The molecule has 2 heterocycles. The average Bonchev–Trinajstić information content (AvgIpc) is 2.89. The van der Waals surface area contributed by atoms with Gasteiger partial charge in [0.25, 0.3) is 0 Å². The fourth-order valence-corrected chi connectivity index (χ4v) is 3.56. The van der Waals surface area contributed by atoms with Crippen LogP contribution < -0.4 is 10.2 Å². The molecule has 2 saturated heterocycles. The minimum Gasteiger partial charge on any atom is -0.483 e. The second-order valence-electron chi connectivity index (χ2n) is 10.5. The van der Waals surface area contributed by atoms with Gasteiger partial charge in [-0.3, -0.25) is 0 Å². The second-order valence-corrected chi connectivity index (χ2v) is 10.5. The standard InChI is InChI=1S/C23H31BF2N2O5/c1-20(2,3)31-19(29)28-11-10-18(23(25,26)14-28)30-17-9-8-16(12-15(17)13-27)24-32-21(4,5)22(6,7)33-24/h8-9,12,18H,10-11,14H2,1-7H3/t18-/m0/s1. The average molecular weight is 464 g/mol. The summed E-state index contributed by atoms with van der Waals surface area (Å²) in [4.78, 5) is 13.2. The highest BCUT2D eigenvalue weighted by atomic mass is 19.3. The number of carbonyl (C=O) groups is 1. The largest absolute Gasteiger partial charge is 0.494 e. The third kappa shape index (κ3) is 5.41. The molecular formula is C23H31BF2N2O5. The Morgan fingerprint density at radius 2 is 1.82 bits per heavy atom. The van der Waals surface area contributed by atoms with Crippen molar-refractivity contribution in [1.82, 2.24) is 4.90 Å². The Hall–Kier alpha value is -2.38. The van der Waals surface area contributed by atoms with Crippen LogP contribution >= 0.6 is 0 Å². The Balaban J connectivity index is 1.72. The molecule has 1 aromatic rings. The molecule has 2 aliphatic rings. The maximum atomic E-state index is 14.8.